The molecule has 0 unspecified atom stereocenters. The van der Waals surface area contributed by atoms with Crippen molar-refractivity contribution < 1.29 is 8.78 Å². The number of rotatable bonds is 2. The minimum Gasteiger partial charge on any atom is -0.297 e. The number of likely N-dealkylation sites (tertiary alicyclic amines) is 1. The normalized spacial score (nSPS) is 25.6. The maximum atomic E-state index is 13.3. The third kappa shape index (κ3) is 2.55. The van der Waals surface area contributed by atoms with Crippen LogP contribution in [0.3, 0.4) is 0 Å². The summed E-state index contributed by atoms with van der Waals surface area (Å²) in [6, 6.07) is 5.71. The van der Waals surface area contributed by atoms with E-state index in [2.05, 4.69) is 4.98 Å². The van der Waals surface area contributed by atoms with Gasteiger partial charge in [0.1, 0.15) is 0 Å². The first-order chi connectivity index (χ1) is 7.58. The largest absolute Gasteiger partial charge is 0.297 e. The number of halogens is 2. The van der Waals surface area contributed by atoms with Crippen molar-refractivity contribution in [3.05, 3.63) is 30.1 Å². The van der Waals surface area contributed by atoms with Crippen LogP contribution in [0, 0.1) is 5.92 Å². The van der Waals surface area contributed by atoms with Crippen LogP contribution in [0.25, 0.3) is 0 Å². The smallest absolute Gasteiger partial charge is 0.253 e. The van der Waals surface area contributed by atoms with E-state index in [1.807, 2.05) is 23.1 Å². The molecule has 0 saturated carbocycles. The lowest BCUT2D eigenvalue weighted by atomic mass is 9.95. The molecule has 0 aliphatic carbocycles. The van der Waals surface area contributed by atoms with E-state index in [-0.39, 0.29) is 6.42 Å². The minimum atomic E-state index is -2.50. The monoisotopic (exact) mass is 226 g/mol. The average Bonchev–Trinajstić information content (AvgIpc) is 2.26. The number of aromatic nitrogens is 1. The van der Waals surface area contributed by atoms with Gasteiger partial charge in [0.2, 0.25) is 0 Å². The van der Waals surface area contributed by atoms with Crippen LogP contribution in [0.1, 0.15) is 19.0 Å². The lowest BCUT2D eigenvalue weighted by Gasteiger charge is -2.36. The van der Waals surface area contributed by atoms with E-state index in [0.29, 0.717) is 19.6 Å². The highest BCUT2D eigenvalue weighted by atomic mass is 19.3. The predicted octanol–water partition coefficient (Wildman–Crippen LogP) is 2.56. The van der Waals surface area contributed by atoms with Gasteiger partial charge in [0.25, 0.3) is 5.92 Å². The molecule has 2 nitrogen and oxygen atoms in total. The molecule has 0 radical (unpaired) electrons. The quantitative estimate of drug-likeness (QED) is 0.770. The summed E-state index contributed by atoms with van der Waals surface area (Å²) in [4.78, 5) is 6.25. The maximum Gasteiger partial charge on any atom is 0.253 e. The van der Waals surface area contributed by atoms with Crippen molar-refractivity contribution in [2.45, 2.75) is 25.8 Å². The molecule has 0 aromatic carbocycles. The Labute approximate surface area is 94.3 Å². The SMILES string of the molecule is C[C@H]1CN(Cc2ccccn2)CCC1(F)F. The van der Waals surface area contributed by atoms with E-state index >= 15 is 0 Å². The second-order valence-electron chi connectivity index (χ2n) is 4.47. The Kier molecular flexibility index (Phi) is 3.19. The van der Waals surface area contributed by atoms with E-state index in [9.17, 15) is 8.78 Å². The molecule has 1 fully saturated rings. The van der Waals surface area contributed by atoms with Crippen LogP contribution in [-0.2, 0) is 6.54 Å². The molecule has 16 heavy (non-hydrogen) atoms. The molecule has 1 aliphatic rings. The minimum absolute atomic E-state index is 0.0407. The van der Waals surface area contributed by atoms with Gasteiger partial charge in [0, 0.05) is 38.2 Å². The molecule has 88 valence electrons. The third-order valence-electron chi connectivity index (χ3n) is 3.13. The van der Waals surface area contributed by atoms with Crippen molar-refractivity contribution in [1.29, 1.82) is 0 Å². The van der Waals surface area contributed by atoms with E-state index in [1.165, 1.54) is 0 Å². The summed E-state index contributed by atoms with van der Waals surface area (Å²) in [6.45, 7) is 3.18. The number of hydrogen-bond acceptors (Lipinski definition) is 2. The Balaban J connectivity index is 1.94. The van der Waals surface area contributed by atoms with Gasteiger partial charge >= 0.3 is 0 Å². The maximum absolute atomic E-state index is 13.3. The number of hydrogen-bond donors (Lipinski definition) is 0. The summed E-state index contributed by atoms with van der Waals surface area (Å²) in [5.41, 5.74) is 0.944. The van der Waals surface area contributed by atoms with Crippen molar-refractivity contribution in [1.82, 2.24) is 9.88 Å². The van der Waals surface area contributed by atoms with Gasteiger partial charge in [-0.1, -0.05) is 13.0 Å². The summed E-state index contributed by atoms with van der Waals surface area (Å²) in [6.07, 6.45) is 1.69. The van der Waals surface area contributed by atoms with E-state index in [1.54, 1.807) is 13.1 Å². The van der Waals surface area contributed by atoms with Crippen LogP contribution in [0.2, 0.25) is 0 Å². The molecule has 0 amide bonds. The van der Waals surface area contributed by atoms with Crippen LogP contribution < -0.4 is 0 Å². The fourth-order valence-corrected chi connectivity index (χ4v) is 2.03. The number of pyridine rings is 1. The van der Waals surface area contributed by atoms with E-state index in [4.69, 9.17) is 0 Å². The molecule has 0 spiro atoms. The number of alkyl halides is 2. The standard InChI is InChI=1S/C12H16F2N2/c1-10-8-16(7-5-12(10,13)14)9-11-4-2-3-6-15-11/h2-4,6,10H,5,7-9H2,1H3/t10-/m0/s1. The van der Waals surface area contributed by atoms with Gasteiger partial charge < -0.3 is 0 Å². The van der Waals surface area contributed by atoms with E-state index in [0.717, 1.165) is 5.69 Å². The molecule has 2 heterocycles. The highest BCUT2D eigenvalue weighted by Crippen LogP contribution is 2.33. The number of nitrogens with zero attached hydrogens (tertiary/aromatic N) is 2. The second-order valence-corrected chi connectivity index (χ2v) is 4.47. The van der Waals surface area contributed by atoms with Gasteiger partial charge in [-0.2, -0.15) is 0 Å². The van der Waals surface area contributed by atoms with Crippen LogP contribution in [0.4, 0.5) is 8.78 Å². The molecule has 0 N–H and O–H groups in total. The van der Waals surface area contributed by atoms with Crippen LogP contribution >= 0.6 is 0 Å². The summed E-state index contributed by atoms with van der Waals surface area (Å²) >= 11 is 0. The van der Waals surface area contributed by atoms with Crippen molar-refractivity contribution in [3.8, 4) is 0 Å². The van der Waals surface area contributed by atoms with Crippen molar-refractivity contribution in [3.63, 3.8) is 0 Å². The molecule has 4 heteroatoms. The molecule has 2 rings (SSSR count). The topological polar surface area (TPSA) is 16.1 Å². The highest BCUT2D eigenvalue weighted by molar-refractivity contribution is 5.03. The van der Waals surface area contributed by atoms with E-state index < -0.39 is 11.8 Å². The first-order valence-corrected chi connectivity index (χ1v) is 5.58. The lowest BCUT2D eigenvalue weighted by Crippen LogP contribution is -2.45. The lowest BCUT2D eigenvalue weighted by molar-refractivity contribution is -0.100. The van der Waals surface area contributed by atoms with Crippen LogP contribution in [-0.4, -0.2) is 28.9 Å². The Morgan fingerprint density at radius 1 is 1.50 bits per heavy atom. The van der Waals surface area contributed by atoms with Gasteiger partial charge in [-0.25, -0.2) is 8.78 Å². The molecule has 1 aromatic heterocycles. The fourth-order valence-electron chi connectivity index (χ4n) is 2.03. The molecule has 1 aromatic rings. The Morgan fingerprint density at radius 3 is 2.94 bits per heavy atom. The fraction of sp³-hybridized carbons (Fsp3) is 0.583. The molecular formula is C12H16F2N2. The summed E-state index contributed by atoms with van der Waals surface area (Å²) in [7, 11) is 0. The van der Waals surface area contributed by atoms with Crippen molar-refractivity contribution in [2.24, 2.45) is 5.92 Å². The summed E-state index contributed by atoms with van der Waals surface area (Å²) < 4.78 is 26.5. The Morgan fingerprint density at radius 2 is 2.31 bits per heavy atom. The molecule has 1 saturated heterocycles. The number of piperidine rings is 1. The zero-order chi connectivity index (χ0) is 11.6. The Hall–Kier alpha value is -1.03. The third-order valence-corrected chi connectivity index (χ3v) is 3.13. The molecule has 1 aliphatic heterocycles. The van der Waals surface area contributed by atoms with Gasteiger partial charge in [0.15, 0.2) is 0 Å². The molecular weight excluding hydrogens is 210 g/mol. The second kappa shape index (κ2) is 4.45. The van der Waals surface area contributed by atoms with Gasteiger partial charge in [0.05, 0.1) is 5.69 Å². The van der Waals surface area contributed by atoms with Crippen molar-refractivity contribution >= 4 is 0 Å². The zero-order valence-electron chi connectivity index (χ0n) is 9.37. The zero-order valence-corrected chi connectivity index (χ0v) is 9.37. The van der Waals surface area contributed by atoms with Crippen molar-refractivity contribution in [2.75, 3.05) is 13.1 Å². The van der Waals surface area contributed by atoms with Gasteiger partial charge in [-0.3, -0.25) is 9.88 Å². The van der Waals surface area contributed by atoms with Crippen LogP contribution in [0.15, 0.2) is 24.4 Å². The first-order valence-electron chi connectivity index (χ1n) is 5.58. The van der Waals surface area contributed by atoms with Gasteiger partial charge in [-0.15, -0.1) is 0 Å². The highest BCUT2D eigenvalue weighted by Gasteiger charge is 2.40. The molecule has 1 atom stereocenters. The summed E-state index contributed by atoms with van der Waals surface area (Å²) in [5, 5.41) is 0. The first kappa shape index (κ1) is 11.5. The van der Waals surface area contributed by atoms with Gasteiger partial charge in [-0.05, 0) is 12.1 Å². The average molecular weight is 226 g/mol. The predicted molar refractivity (Wildman–Crippen MR) is 58.2 cm³/mol. The Bertz CT molecular complexity index is 340. The summed E-state index contributed by atoms with van der Waals surface area (Å²) in [5.74, 6) is -3.06. The molecule has 0 bridgehead atoms. The van der Waals surface area contributed by atoms with Crippen LogP contribution in [0.5, 0.6) is 0 Å².